The van der Waals surface area contributed by atoms with Crippen LogP contribution in [0, 0.1) is 19.8 Å². The van der Waals surface area contributed by atoms with Crippen LogP contribution in [-0.2, 0) is 0 Å². The molecular weight excluding hydrogens is 242 g/mol. The van der Waals surface area contributed by atoms with Gasteiger partial charge < -0.3 is 10.4 Å². The summed E-state index contributed by atoms with van der Waals surface area (Å²) in [5.41, 5.74) is 1.73. The average molecular weight is 261 g/mol. The SMILES string of the molecule is Cc1ccc(C)c(C(=O)NCCC2CC2)c1C(=O)O. The quantitative estimate of drug-likeness (QED) is 0.856. The number of hydrogen-bond acceptors (Lipinski definition) is 2. The summed E-state index contributed by atoms with van der Waals surface area (Å²) >= 11 is 0. The van der Waals surface area contributed by atoms with Crippen LogP contribution in [0.5, 0.6) is 0 Å². The zero-order valence-electron chi connectivity index (χ0n) is 11.3. The molecule has 1 aromatic rings. The predicted molar refractivity (Wildman–Crippen MR) is 72.5 cm³/mol. The second-order valence-corrected chi connectivity index (χ2v) is 5.24. The maximum atomic E-state index is 12.2. The molecule has 0 aromatic heterocycles. The lowest BCUT2D eigenvalue weighted by Gasteiger charge is -2.12. The van der Waals surface area contributed by atoms with E-state index in [1.165, 1.54) is 12.8 Å². The standard InChI is InChI=1S/C15H19NO3/c1-9-3-4-10(2)13(15(18)19)12(9)14(17)16-8-7-11-5-6-11/h3-4,11H,5-8H2,1-2H3,(H,16,17)(H,18,19). The summed E-state index contributed by atoms with van der Waals surface area (Å²) < 4.78 is 0. The Morgan fingerprint density at radius 2 is 1.79 bits per heavy atom. The van der Waals surface area contributed by atoms with E-state index >= 15 is 0 Å². The van der Waals surface area contributed by atoms with Crippen molar-refractivity contribution in [1.82, 2.24) is 5.32 Å². The van der Waals surface area contributed by atoms with Crippen molar-refractivity contribution in [1.29, 1.82) is 0 Å². The van der Waals surface area contributed by atoms with E-state index in [0.29, 0.717) is 23.2 Å². The number of nitrogens with one attached hydrogen (secondary N) is 1. The molecule has 1 saturated carbocycles. The van der Waals surface area contributed by atoms with Crippen molar-refractivity contribution in [2.75, 3.05) is 6.54 Å². The fourth-order valence-electron chi connectivity index (χ4n) is 2.26. The summed E-state index contributed by atoms with van der Waals surface area (Å²) in [5, 5.41) is 12.1. The number of carbonyl (C=O) groups excluding carboxylic acids is 1. The fraction of sp³-hybridized carbons (Fsp3) is 0.467. The van der Waals surface area contributed by atoms with Gasteiger partial charge in [-0.2, -0.15) is 0 Å². The third kappa shape index (κ3) is 3.13. The summed E-state index contributed by atoms with van der Waals surface area (Å²) in [4.78, 5) is 23.5. The summed E-state index contributed by atoms with van der Waals surface area (Å²) in [6, 6.07) is 3.53. The number of amides is 1. The van der Waals surface area contributed by atoms with Crippen molar-refractivity contribution in [2.45, 2.75) is 33.1 Å². The summed E-state index contributed by atoms with van der Waals surface area (Å²) in [7, 11) is 0. The zero-order valence-corrected chi connectivity index (χ0v) is 11.3. The monoisotopic (exact) mass is 261 g/mol. The number of carboxylic acid groups (broad SMARTS) is 1. The molecule has 0 unspecified atom stereocenters. The third-order valence-corrected chi connectivity index (χ3v) is 3.60. The molecule has 4 heteroatoms. The van der Waals surface area contributed by atoms with Crippen molar-refractivity contribution in [2.24, 2.45) is 5.92 Å². The van der Waals surface area contributed by atoms with Gasteiger partial charge in [0.1, 0.15) is 0 Å². The highest BCUT2D eigenvalue weighted by molar-refractivity contribution is 6.06. The molecule has 19 heavy (non-hydrogen) atoms. The number of carbonyl (C=O) groups is 2. The second-order valence-electron chi connectivity index (χ2n) is 5.24. The van der Waals surface area contributed by atoms with E-state index in [0.717, 1.165) is 12.3 Å². The van der Waals surface area contributed by atoms with Crippen LogP contribution in [0.1, 0.15) is 51.1 Å². The number of rotatable bonds is 5. The van der Waals surface area contributed by atoms with Gasteiger partial charge in [0.05, 0.1) is 11.1 Å². The van der Waals surface area contributed by atoms with Crippen molar-refractivity contribution >= 4 is 11.9 Å². The van der Waals surface area contributed by atoms with Crippen molar-refractivity contribution in [3.63, 3.8) is 0 Å². The highest BCUT2D eigenvalue weighted by Gasteiger charge is 2.23. The molecule has 0 atom stereocenters. The van der Waals surface area contributed by atoms with Crippen LogP contribution in [0.3, 0.4) is 0 Å². The highest BCUT2D eigenvalue weighted by atomic mass is 16.4. The average Bonchev–Trinajstić information content (AvgIpc) is 3.15. The molecule has 1 aromatic carbocycles. The van der Waals surface area contributed by atoms with E-state index in [1.807, 2.05) is 0 Å². The molecule has 102 valence electrons. The lowest BCUT2D eigenvalue weighted by molar-refractivity contribution is 0.0690. The minimum Gasteiger partial charge on any atom is -0.478 e. The normalized spacial score (nSPS) is 14.2. The number of aryl methyl sites for hydroxylation is 2. The van der Waals surface area contributed by atoms with E-state index in [-0.39, 0.29) is 11.5 Å². The first-order valence-corrected chi connectivity index (χ1v) is 6.62. The van der Waals surface area contributed by atoms with E-state index in [9.17, 15) is 14.7 Å². The molecule has 0 aliphatic heterocycles. The van der Waals surface area contributed by atoms with Crippen LogP contribution in [0.25, 0.3) is 0 Å². The van der Waals surface area contributed by atoms with Gasteiger partial charge in [-0.3, -0.25) is 4.79 Å². The van der Waals surface area contributed by atoms with E-state index in [2.05, 4.69) is 5.32 Å². The molecule has 1 fully saturated rings. The van der Waals surface area contributed by atoms with Gasteiger partial charge in [-0.05, 0) is 37.3 Å². The van der Waals surface area contributed by atoms with Gasteiger partial charge in [-0.1, -0.05) is 25.0 Å². The Morgan fingerprint density at radius 1 is 1.21 bits per heavy atom. The van der Waals surface area contributed by atoms with Crippen LogP contribution in [-0.4, -0.2) is 23.5 Å². The molecular formula is C15H19NO3. The first-order valence-electron chi connectivity index (χ1n) is 6.62. The van der Waals surface area contributed by atoms with Crippen molar-refractivity contribution in [3.05, 3.63) is 34.4 Å². The predicted octanol–water partition coefficient (Wildman–Crippen LogP) is 2.53. The van der Waals surface area contributed by atoms with Crippen LogP contribution >= 0.6 is 0 Å². The maximum Gasteiger partial charge on any atom is 0.336 e. The van der Waals surface area contributed by atoms with E-state index < -0.39 is 5.97 Å². The Hall–Kier alpha value is -1.84. The van der Waals surface area contributed by atoms with Crippen LogP contribution in [0.2, 0.25) is 0 Å². The molecule has 0 spiro atoms. The van der Waals surface area contributed by atoms with E-state index in [1.54, 1.807) is 26.0 Å². The Kier molecular flexibility index (Phi) is 3.88. The summed E-state index contributed by atoms with van der Waals surface area (Å²) in [6.45, 7) is 4.10. The fourth-order valence-corrected chi connectivity index (χ4v) is 2.26. The van der Waals surface area contributed by atoms with Crippen LogP contribution < -0.4 is 5.32 Å². The Balaban J connectivity index is 2.18. The number of hydrogen-bond donors (Lipinski definition) is 2. The first-order chi connectivity index (χ1) is 9.00. The van der Waals surface area contributed by atoms with Gasteiger partial charge in [0.2, 0.25) is 0 Å². The van der Waals surface area contributed by atoms with Gasteiger partial charge >= 0.3 is 5.97 Å². The maximum absolute atomic E-state index is 12.2. The summed E-state index contributed by atoms with van der Waals surface area (Å²) in [5.74, 6) is -0.578. The Bertz CT molecular complexity index is 518. The zero-order chi connectivity index (χ0) is 14.0. The van der Waals surface area contributed by atoms with Gasteiger partial charge in [-0.25, -0.2) is 4.79 Å². The van der Waals surface area contributed by atoms with E-state index in [4.69, 9.17) is 0 Å². The lowest BCUT2D eigenvalue weighted by Crippen LogP contribution is -2.28. The topological polar surface area (TPSA) is 66.4 Å². The number of aromatic carboxylic acids is 1. The third-order valence-electron chi connectivity index (χ3n) is 3.60. The molecule has 2 rings (SSSR count). The molecule has 2 N–H and O–H groups in total. The summed E-state index contributed by atoms with van der Waals surface area (Å²) in [6.07, 6.45) is 3.48. The second kappa shape index (κ2) is 5.43. The molecule has 0 bridgehead atoms. The van der Waals surface area contributed by atoms with Crippen molar-refractivity contribution < 1.29 is 14.7 Å². The highest BCUT2D eigenvalue weighted by Crippen LogP contribution is 2.31. The molecule has 1 aliphatic rings. The van der Waals surface area contributed by atoms with Gasteiger partial charge in [0.15, 0.2) is 0 Å². The minimum atomic E-state index is -1.05. The molecule has 0 heterocycles. The number of benzene rings is 1. The first kappa shape index (κ1) is 13.6. The number of carboxylic acids is 1. The largest absolute Gasteiger partial charge is 0.478 e. The molecule has 4 nitrogen and oxygen atoms in total. The Morgan fingerprint density at radius 3 is 2.32 bits per heavy atom. The molecule has 1 aliphatic carbocycles. The molecule has 1 amide bonds. The van der Waals surface area contributed by atoms with Crippen LogP contribution in [0.4, 0.5) is 0 Å². The smallest absolute Gasteiger partial charge is 0.336 e. The molecule has 0 saturated heterocycles. The lowest BCUT2D eigenvalue weighted by atomic mass is 9.96. The van der Waals surface area contributed by atoms with Gasteiger partial charge in [-0.15, -0.1) is 0 Å². The van der Waals surface area contributed by atoms with Gasteiger partial charge in [0, 0.05) is 6.54 Å². The van der Waals surface area contributed by atoms with Crippen LogP contribution in [0.15, 0.2) is 12.1 Å². The minimum absolute atomic E-state index is 0.115. The molecule has 0 radical (unpaired) electrons. The van der Waals surface area contributed by atoms with Gasteiger partial charge in [0.25, 0.3) is 5.91 Å². The van der Waals surface area contributed by atoms with Crippen molar-refractivity contribution in [3.8, 4) is 0 Å². The Labute approximate surface area is 112 Å².